The molecule has 3 aliphatic rings. The summed E-state index contributed by atoms with van der Waals surface area (Å²) in [5.74, 6) is 0.202. The van der Waals surface area contributed by atoms with Crippen LogP contribution in [-0.4, -0.2) is 9.46 Å². The Morgan fingerprint density at radius 1 is 0.900 bits per heavy atom. The van der Waals surface area contributed by atoms with Gasteiger partial charge in [0, 0.05) is 11.6 Å². The smallest absolute Gasteiger partial charge is 0.124 e. The molecule has 100 valence electrons. The van der Waals surface area contributed by atoms with Crippen LogP contribution in [0.5, 0.6) is 0 Å². The average Bonchev–Trinajstić information content (AvgIpc) is 3.05. The van der Waals surface area contributed by atoms with Crippen LogP contribution in [0, 0.1) is 0 Å². The van der Waals surface area contributed by atoms with Gasteiger partial charge < -0.3 is 9.46 Å². The van der Waals surface area contributed by atoms with Crippen LogP contribution in [0.3, 0.4) is 0 Å². The minimum Gasteiger partial charge on any atom is -0.364 e. The molecule has 0 radical (unpaired) electrons. The Balaban J connectivity index is 1.75. The Kier molecular flexibility index (Phi) is 2.05. The minimum atomic E-state index is -1.09. The number of para-hydroxylation sites is 1. The zero-order valence-electron chi connectivity index (χ0n) is 10.7. The van der Waals surface area contributed by atoms with E-state index in [-0.39, 0.29) is 23.4 Å². The number of anilines is 1. The lowest BCUT2D eigenvalue weighted by Crippen LogP contribution is -2.36. The molecular weight excluding hydrogens is 270 g/mol. The van der Waals surface area contributed by atoms with E-state index < -0.39 is 11.0 Å². The van der Waals surface area contributed by atoms with E-state index in [2.05, 4.69) is 29.0 Å². The van der Waals surface area contributed by atoms with Crippen molar-refractivity contribution in [1.29, 1.82) is 0 Å². The molecule has 1 fully saturated rings. The standard InChI is InChI=1S/C16H13NO2S/c18-20-16-13(11-7-3-4-8-12(11)17-20)14-9-5-1-2-6-10(9)15(16)19-14/h1-8,13-17H/t13-,14+,15+,16-,20-/m0/s1. The van der Waals surface area contributed by atoms with E-state index in [0.717, 1.165) is 5.69 Å². The molecule has 5 rings (SSSR count). The van der Waals surface area contributed by atoms with Gasteiger partial charge in [-0.25, -0.2) is 4.21 Å². The van der Waals surface area contributed by atoms with Gasteiger partial charge in [0.15, 0.2) is 0 Å². The molecule has 20 heavy (non-hydrogen) atoms. The molecule has 1 saturated heterocycles. The average molecular weight is 283 g/mol. The molecule has 1 N–H and O–H groups in total. The minimum absolute atomic E-state index is 0.0183. The molecule has 0 unspecified atom stereocenters. The van der Waals surface area contributed by atoms with Crippen molar-refractivity contribution in [3.63, 3.8) is 0 Å². The first-order valence-corrected chi connectivity index (χ1v) is 8.06. The number of fused-ring (bicyclic) bond motifs is 10. The number of hydrogen-bond donors (Lipinski definition) is 1. The van der Waals surface area contributed by atoms with Crippen molar-refractivity contribution >= 4 is 16.7 Å². The maximum absolute atomic E-state index is 12.6. The van der Waals surface area contributed by atoms with Crippen molar-refractivity contribution < 1.29 is 8.95 Å². The normalized spacial score (nSPS) is 35.9. The van der Waals surface area contributed by atoms with Gasteiger partial charge in [-0.05, 0) is 22.8 Å². The molecular formula is C16H13NO2S. The van der Waals surface area contributed by atoms with Crippen molar-refractivity contribution in [2.75, 3.05) is 4.72 Å². The molecule has 2 bridgehead atoms. The number of nitrogens with one attached hydrogen (secondary N) is 1. The van der Waals surface area contributed by atoms with Crippen LogP contribution in [0.15, 0.2) is 48.5 Å². The second kappa shape index (κ2) is 3.71. The second-order valence-electron chi connectivity index (χ2n) is 5.58. The SMILES string of the molecule is O=[S@@]1Nc2ccccc2[C@@H]2[C@H]1[C@@H]1O[C@@H]2c2ccccc21. The van der Waals surface area contributed by atoms with Crippen LogP contribution in [-0.2, 0) is 15.7 Å². The predicted octanol–water partition coefficient (Wildman–Crippen LogP) is 3.05. The highest BCUT2D eigenvalue weighted by Gasteiger charge is 2.57. The van der Waals surface area contributed by atoms with Crippen molar-refractivity contribution in [3.05, 3.63) is 65.2 Å². The Hall–Kier alpha value is -1.65. The van der Waals surface area contributed by atoms with E-state index in [1.54, 1.807) is 0 Å². The van der Waals surface area contributed by atoms with Gasteiger partial charge in [-0.15, -0.1) is 0 Å². The molecule has 5 atom stereocenters. The highest BCUT2D eigenvalue weighted by Crippen LogP contribution is 2.61. The molecule has 3 heterocycles. The predicted molar refractivity (Wildman–Crippen MR) is 77.7 cm³/mol. The van der Waals surface area contributed by atoms with Crippen LogP contribution in [0.4, 0.5) is 5.69 Å². The van der Waals surface area contributed by atoms with Crippen LogP contribution in [0.2, 0.25) is 0 Å². The summed E-state index contributed by atoms with van der Waals surface area (Å²) < 4.78 is 21.9. The molecule has 0 amide bonds. The van der Waals surface area contributed by atoms with Gasteiger partial charge in [-0.2, -0.15) is 0 Å². The highest BCUT2D eigenvalue weighted by atomic mass is 32.2. The molecule has 0 spiro atoms. The first-order valence-electron chi connectivity index (χ1n) is 6.85. The van der Waals surface area contributed by atoms with E-state index in [1.165, 1.54) is 16.7 Å². The van der Waals surface area contributed by atoms with Gasteiger partial charge in [-0.1, -0.05) is 42.5 Å². The van der Waals surface area contributed by atoms with Crippen molar-refractivity contribution in [1.82, 2.24) is 0 Å². The fraction of sp³-hybridized carbons (Fsp3) is 0.250. The summed E-state index contributed by atoms with van der Waals surface area (Å²) in [5, 5.41) is 0.0183. The van der Waals surface area contributed by atoms with Crippen LogP contribution in [0.25, 0.3) is 0 Å². The fourth-order valence-electron chi connectivity index (χ4n) is 3.87. The molecule has 0 aliphatic carbocycles. The number of rotatable bonds is 0. The largest absolute Gasteiger partial charge is 0.364 e. The zero-order valence-corrected chi connectivity index (χ0v) is 11.5. The van der Waals surface area contributed by atoms with E-state index in [1.807, 2.05) is 24.3 Å². The zero-order chi connectivity index (χ0) is 13.3. The summed E-state index contributed by atoms with van der Waals surface area (Å²) in [5.41, 5.74) is 4.71. The van der Waals surface area contributed by atoms with E-state index in [4.69, 9.17) is 4.74 Å². The molecule has 2 aromatic carbocycles. The van der Waals surface area contributed by atoms with E-state index in [0.29, 0.717) is 0 Å². The third-order valence-corrected chi connectivity index (χ3v) is 6.11. The van der Waals surface area contributed by atoms with Crippen molar-refractivity contribution in [3.8, 4) is 0 Å². The third-order valence-electron chi connectivity index (χ3n) is 4.66. The summed E-state index contributed by atoms with van der Waals surface area (Å²) in [6.07, 6.45) is 0.0105. The fourth-order valence-corrected chi connectivity index (χ4v) is 5.40. The summed E-state index contributed by atoms with van der Waals surface area (Å²) in [4.78, 5) is 0. The summed E-state index contributed by atoms with van der Waals surface area (Å²) >= 11 is 0. The first-order chi connectivity index (χ1) is 9.84. The first kappa shape index (κ1) is 11.1. The van der Waals surface area contributed by atoms with E-state index in [9.17, 15) is 4.21 Å². The Labute approximate surface area is 119 Å². The molecule has 4 heteroatoms. The maximum Gasteiger partial charge on any atom is 0.124 e. The van der Waals surface area contributed by atoms with Gasteiger partial charge in [0.05, 0.1) is 11.4 Å². The second-order valence-corrected chi connectivity index (χ2v) is 6.93. The lowest BCUT2D eigenvalue weighted by atomic mass is 9.79. The maximum atomic E-state index is 12.6. The van der Waals surface area contributed by atoms with Crippen molar-refractivity contribution in [2.45, 2.75) is 23.4 Å². The van der Waals surface area contributed by atoms with Crippen LogP contribution >= 0.6 is 0 Å². The summed E-state index contributed by atoms with van der Waals surface area (Å²) in [6, 6.07) is 16.5. The Bertz CT molecular complexity index is 745. The summed E-state index contributed by atoms with van der Waals surface area (Å²) in [6.45, 7) is 0. The molecule has 3 aliphatic heterocycles. The van der Waals surface area contributed by atoms with E-state index >= 15 is 0 Å². The quantitative estimate of drug-likeness (QED) is 0.807. The van der Waals surface area contributed by atoms with Gasteiger partial charge >= 0.3 is 0 Å². The van der Waals surface area contributed by atoms with Gasteiger partial charge in [0.25, 0.3) is 0 Å². The van der Waals surface area contributed by atoms with Crippen molar-refractivity contribution in [2.24, 2.45) is 0 Å². The lowest BCUT2D eigenvalue weighted by Gasteiger charge is -2.34. The summed E-state index contributed by atoms with van der Waals surface area (Å²) in [7, 11) is -1.09. The van der Waals surface area contributed by atoms with Crippen LogP contribution in [0.1, 0.15) is 34.8 Å². The monoisotopic (exact) mass is 283 g/mol. The topological polar surface area (TPSA) is 38.3 Å². The van der Waals surface area contributed by atoms with Crippen LogP contribution < -0.4 is 4.72 Å². The molecule has 0 saturated carbocycles. The molecule has 0 aromatic heterocycles. The van der Waals surface area contributed by atoms with Gasteiger partial charge in [-0.3, -0.25) is 0 Å². The Morgan fingerprint density at radius 2 is 1.55 bits per heavy atom. The highest BCUT2D eigenvalue weighted by molar-refractivity contribution is 7.87. The molecule has 2 aromatic rings. The number of ether oxygens (including phenoxy) is 1. The number of benzene rings is 2. The lowest BCUT2D eigenvalue weighted by molar-refractivity contribution is 0.0683. The number of hydrogen-bond acceptors (Lipinski definition) is 2. The molecule has 3 nitrogen and oxygen atoms in total. The van der Waals surface area contributed by atoms with Gasteiger partial charge in [0.1, 0.15) is 17.1 Å². The Morgan fingerprint density at radius 3 is 2.35 bits per heavy atom. The third kappa shape index (κ3) is 1.21. The van der Waals surface area contributed by atoms with Gasteiger partial charge in [0.2, 0.25) is 0 Å².